The van der Waals surface area contributed by atoms with Crippen molar-refractivity contribution in [2.75, 3.05) is 18.1 Å². The van der Waals surface area contributed by atoms with Gasteiger partial charge in [-0.05, 0) is 25.7 Å². The normalized spacial score (nSPS) is 19.3. The predicted octanol–water partition coefficient (Wildman–Crippen LogP) is 1.44. The fourth-order valence-electron chi connectivity index (χ4n) is 2.90. The van der Waals surface area contributed by atoms with Crippen molar-refractivity contribution in [1.82, 2.24) is 0 Å². The molecule has 0 aromatic carbocycles. The monoisotopic (exact) mass is 459 g/mol. The summed E-state index contributed by atoms with van der Waals surface area (Å²) in [5.41, 5.74) is 0.121. The Morgan fingerprint density at radius 1 is 0.967 bits per heavy atom. The lowest BCUT2D eigenvalue weighted by molar-refractivity contribution is -0.156. The predicted molar refractivity (Wildman–Crippen MR) is 109 cm³/mol. The molecule has 0 aromatic rings. The van der Waals surface area contributed by atoms with Gasteiger partial charge in [-0.1, -0.05) is 19.7 Å². The fourth-order valence-corrected chi connectivity index (χ4v) is 4.73. The van der Waals surface area contributed by atoms with Gasteiger partial charge in [0.25, 0.3) is 0 Å². The molecule has 0 radical (unpaired) electrons. The second kappa shape index (κ2) is 11.1. The molecule has 0 bridgehead atoms. The Morgan fingerprint density at radius 3 is 1.80 bits per heavy atom. The van der Waals surface area contributed by atoms with Crippen LogP contribution in [0.25, 0.3) is 0 Å². The molecule has 0 amide bonds. The molecular weight excluding hydrogens is 434 g/mol. The van der Waals surface area contributed by atoms with Crippen molar-refractivity contribution in [3.8, 4) is 6.07 Å². The van der Waals surface area contributed by atoms with Crippen molar-refractivity contribution in [2.24, 2.45) is 11.8 Å². The molecule has 0 atom stereocenters. The maximum Gasteiger partial charge on any atom is 0.309 e. The third-order valence-corrected chi connectivity index (χ3v) is 7.26. The topological polar surface area (TPSA) is 145 Å². The highest BCUT2D eigenvalue weighted by atomic mass is 32.2. The van der Waals surface area contributed by atoms with Gasteiger partial charge < -0.3 is 9.47 Å². The third kappa shape index (κ3) is 8.51. The Labute approximate surface area is 176 Å². The highest BCUT2D eigenvalue weighted by Gasteiger charge is 2.34. The van der Waals surface area contributed by atoms with E-state index in [0.717, 1.165) is 0 Å². The van der Waals surface area contributed by atoms with E-state index in [0.29, 0.717) is 36.5 Å². The summed E-state index contributed by atoms with van der Waals surface area (Å²) in [7, 11) is -7.63. The van der Waals surface area contributed by atoms with Crippen LogP contribution in [0.4, 0.5) is 0 Å². The van der Waals surface area contributed by atoms with Gasteiger partial charge in [0.15, 0.2) is 19.7 Å². The zero-order valence-electron chi connectivity index (χ0n) is 16.5. The van der Waals surface area contributed by atoms with Crippen LogP contribution in [-0.2, 0) is 38.7 Å². The van der Waals surface area contributed by atoms with Crippen LogP contribution >= 0.6 is 0 Å². The number of ether oxygens (including phenoxy) is 2. The average molecular weight is 460 g/mol. The van der Waals surface area contributed by atoms with E-state index in [-0.39, 0.29) is 12.2 Å². The zero-order chi connectivity index (χ0) is 22.9. The number of hydrogen-bond donors (Lipinski definition) is 0. The highest BCUT2D eigenvalue weighted by Crippen LogP contribution is 2.31. The lowest BCUT2D eigenvalue weighted by atomic mass is 9.82. The fraction of sp³-hybridized carbons (Fsp3) is 0.526. The lowest BCUT2D eigenvalue weighted by Gasteiger charge is -2.27. The smallest absolute Gasteiger partial charge is 0.309 e. The Morgan fingerprint density at radius 2 is 1.40 bits per heavy atom. The van der Waals surface area contributed by atoms with Crippen LogP contribution in [0.2, 0.25) is 0 Å². The van der Waals surface area contributed by atoms with E-state index in [2.05, 4.69) is 19.7 Å². The van der Waals surface area contributed by atoms with Gasteiger partial charge in [-0.2, -0.15) is 5.26 Å². The first kappa shape index (κ1) is 25.6. The minimum atomic E-state index is -3.81. The van der Waals surface area contributed by atoms with Gasteiger partial charge in [0.05, 0.1) is 35.0 Å². The summed E-state index contributed by atoms with van der Waals surface area (Å²) >= 11 is 0. The molecule has 0 saturated heterocycles. The standard InChI is InChI=1S/C19H25NO8S2/c1-4-29(23,24)12-17(13-30(25,26)5-2)28-19(22)16-8-6-15(7-9-16)18(21)27-11-14(3)10-20/h4-5,15-17H,1-3,6-9,11-13H2. The molecule has 1 saturated carbocycles. The summed E-state index contributed by atoms with van der Waals surface area (Å²) in [6.07, 6.45) is -0.112. The minimum absolute atomic E-state index is 0.121. The van der Waals surface area contributed by atoms with Crippen LogP contribution in [0.3, 0.4) is 0 Å². The van der Waals surface area contributed by atoms with E-state index < -0.39 is 61.1 Å². The van der Waals surface area contributed by atoms with E-state index in [9.17, 15) is 26.4 Å². The summed E-state index contributed by atoms with van der Waals surface area (Å²) in [4.78, 5) is 24.5. The van der Waals surface area contributed by atoms with Gasteiger partial charge in [0.2, 0.25) is 0 Å². The molecule has 1 aliphatic rings. The van der Waals surface area contributed by atoms with Crippen molar-refractivity contribution >= 4 is 31.6 Å². The van der Waals surface area contributed by atoms with Crippen molar-refractivity contribution in [3.63, 3.8) is 0 Å². The summed E-state index contributed by atoms with van der Waals surface area (Å²) in [6.45, 7) is 9.56. The van der Waals surface area contributed by atoms with Crippen LogP contribution in [-0.4, -0.2) is 53.0 Å². The molecule has 1 aliphatic carbocycles. The SMILES string of the molecule is C=CS(=O)(=O)CC(CS(=O)(=O)C=C)OC(=O)C1CCC(C(=O)OCC(=C)C#N)CC1. The van der Waals surface area contributed by atoms with Crippen molar-refractivity contribution in [3.05, 3.63) is 36.1 Å². The maximum absolute atomic E-state index is 12.5. The van der Waals surface area contributed by atoms with Crippen LogP contribution in [0.1, 0.15) is 25.7 Å². The summed E-state index contributed by atoms with van der Waals surface area (Å²) in [6, 6.07) is 1.77. The number of carbonyl (C=O) groups excluding carboxylic acids is 2. The number of rotatable bonds is 11. The largest absolute Gasteiger partial charge is 0.460 e. The van der Waals surface area contributed by atoms with Crippen LogP contribution < -0.4 is 0 Å². The first-order valence-corrected chi connectivity index (χ1v) is 12.5. The van der Waals surface area contributed by atoms with Gasteiger partial charge in [-0.3, -0.25) is 9.59 Å². The second-order valence-electron chi connectivity index (χ2n) is 6.92. The number of hydrogen-bond acceptors (Lipinski definition) is 9. The molecule has 0 unspecified atom stereocenters. The van der Waals surface area contributed by atoms with E-state index in [1.807, 2.05) is 0 Å². The number of sulfone groups is 2. The van der Waals surface area contributed by atoms with Gasteiger partial charge in [-0.25, -0.2) is 16.8 Å². The molecule has 0 heterocycles. The molecule has 30 heavy (non-hydrogen) atoms. The molecule has 166 valence electrons. The molecule has 0 spiro atoms. The van der Waals surface area contributed by atoms with Crippen LogP contribution in [0.15, 0.2) is 36.1 Å². The van der Waals surface area contributed by atoms with Gasteiger partial charge in [0.1, 0.15) is 12.7 Å². The molecule has 1 fully saturated rings. The molecule has 1 rings (SSSR count). The number of nitriles is 1. The number of nitrogens with zero attached hydrogens (tertiary/aromatic N) is 1. The second-order valence-corrected chi connectivity index (χ2v) is 10.9. The Bertz CT molecular complexity index is 896. The zero-order valence-corrected chi connectivity index (χ0v) is 18.1. The first-order valence-electron chi connectivity index (χ1n) is 9.08. The summed E-state index contributed by atoms with van der Waals surface area (Å²) < 4.78 is 57.3. The lowest BCUT2D eigenvalue weighted by Crippen LogP contribution is -2.36. The van der Waals surface area contributed by atoms with Crippen molar-refractivity contribution in [2.45, 2.75) is 31.8 Å². The third-order valence-electron chi connectivity index (χ3n) is 4.57. The van der Waals surface area contributed by atoms with Gasteiger partial charge in [0, 0.05) is 10.8 Å². The number of carbonyl (C=O) groups is 2. The quantitative estimate of drug-likeness (QED) is 0.331. The molecule has 11 heteroatoms. The molecular formula is C19H25NO8S2. The molecule has 0 N–H and O–H groups in total. The van der Waals surface area contributed by atoms with E-state index in [1.54, 1.807) is 6.07 Å². The Kier molecular flexibility index (Phi) is 9.45. The van der Waals surface area contributed by atoms with E-state index in [4.69, 9.17) is 14.7 Å². The highest BCUT2D eigenvalue weighted by molar-refractivity contribution is 7.95. The van der Waals surface area contributed by atoms with Crippen molar-refractivity contribution in [1.29, 1.82) is 5.26 Å². The Hall–Kier alpha value is -2.45. The summed E-state index contributed by atoms with van der Waals surface area (Å²) in [5, 5.41) is 9.97. The Balaban J connectivity index is 2.70. The minimum Gasteiger partial charge on any atom is -0.460 e. The van der Waals surface area contributed by atoms with E-state index in [1.165, 1.54) is 0 Å². The summed E-state index contributed by atoms with van der Waals surface area (Å²) in [5.74, 6) is -3.64. The average Bonchev–Trinajstić information content (AvgIpc) is 2.71. The van der Waals surface area contributed by atoms with Gasteiger partial charge >= 0.3 is 11.9 Å². The van der Waals surface area contributed by atoms with Crippen LogP contribution in [0.5, 0.6) is 0 Å². The molecule has 0 aliphatic heterocycles. The molecule has 0 aromatic heterocycles. The number of esters is 2. The van der Waals surface area contributed by atoms with Crippen molar-refractivity contribution < 1.29 is 35.9 Å². The van der Waals surface area contributed by atoms with E-state index >= 15 is 0 Å². The van der Waals surface area contributed by atoms with Crippen LogP contribution in [0, 0.1) is 23.2 Å². The maximum atomic E-state index is 12.5. The van der Waals surface area contributed by atoms with Gasteiger partial charge in [-0.15, -0.1) is 0 Å². The molecule has 9 nitrogen and oxygen atoms in total. The first-order chi connectivity index (χ1) is 13.9.